The van der Waals surface area contributed by atoms with Crippen LogP contribution in [0.3, 0.4) is 0 Å². The van der Waals surface area contributed by atoms with E-state index in [1.54, 1.807) is 23.0 Å². The highest BCUT2D eigenvalue weighted by Crippen LogP contribution is 2.35. The number of nitrogens with zero attached hydrogens (tertiary/aromatic N) is 2. The Bertz CT molecular complexity index is 825. The van der Waals surface area contributed by atoms with E-state index in [0.717, 1.165) is 42.3 Å². The molecule has 7 heteroatoms. The van der Waals surface area contributed by atoms with Crippen molar-refractivity contribution in [2.75, 3.05) is 5.75 Å². The molecule has 2 aromatic rings. The van der Waals surface area contributed by atoms with Gasteiger partial charge in [-0.05, 0) is 38.2 Å². The van der Waals surface area contributed by atoms with Crippen molar-refractivity contribution in [1.82, 2.24) is 14.9 Å². The van der Waals surface area contributed by atoms with Gasteiger partial charge in [0, 0.05) is 18.0 Å². The van der Waals surface area contributed by atoms with E-state index in [9.17, 15) is 9.59 Å². The third kappa shape index (κ3) is 3.37. The van der Waals surface area contributed by atoms with Gasteiger partial charge in [-0.15, -0.1) is 11.3 Å². The number of carbonyl (C=O) groups excluding carboxylic acids is 1. The maximum atomic E-state index is 12.7. The topological polar surface area (TPSA) is 64.0 Å². The van der Waals surface area contributed by atoms with Crippen LogP contribution < -0.4 is 10.9 Å². The molecule has 0 fully saturated rings. The summed E-state index contributed by atoms with van der Waals surface area (Å²) in [6, 6.07) is 0.183. The number of amides is 1. The SMILES string of the molecule is CCC[C@H](C)NC(=O)CSc1nc2sc3c(c2c(=O)n1C)CCC3. The summed E-state index contributed by atoms with van der Waals surface area (Å²) in [5.41, 5.74) is 1.22. The molecule has 1 amide bonds. The average Bonchev–Trinajstić information content (AvgIpc) is 3.10. The third-order valence-electron chi connectivity index (χ3n) is 4.37. The lowest BCUT2D eigenvalue weighted by molar-refractivity contribution is -0.119. The monoisotopic (exact) mass is 365 g/mol. The Morgan fingerprint density at radius 1 is 1.46 bits per heavy atom. The van der Waals surface area contributed by atoms with E-state index < -0.39 is 0 Å². The molecule has 2 heterocycles. The molecule has 0 spiro atoms. The fraction of sp³-hybridized carbons (Fsp3) is 0.588. The van der Waals surface area contributed by atoms with E-state index in [1.165, 1.54) is 22.2 Å². The molecule has 1 N–H and O–H groups in total. The molecule has 0 aromatic carbocycles. The fourth-order valence-corrected chi connectivity index (χ4v) is 5.27. The predicted octanol–water partition coefficient (Wildman–Crippen LogP) is 2.88. The summed E-state index contributed by atoms with van der Waals surface area (Å²) in [4.78, 5) is 31.5. The molecule has 5 nitrogen and oxygen atoms in total. The minimum absolute atomic E-state index is 0.0102. The van der Waals surface area contributed by atoms with Crippen LogP contribution in [0, 0.1) is 0 Å². The van der Waals surface area contributed by atoms with Crippen LogP contribution in [0.1, 0.15) is 43.6 Å². The van der Waals surface area contributed by atoms with Crippen LogP contribution in [0.15, 0.2) is 9.95 Å². The summed E-state index contributed by atoms with van der Waals surface area (Å²) in [6.45, 7) is 4.12. The van der Waals surface area contributed by atoms with Crippen LogP contribution in [0.2, 0.25) is 0 Å². The molecule has 0 unspecified atom stereocenters. The third-order valence-corrected chi connectivity index (χ3v) is 6.58. The van der Waals surface area contributed by atoms with Crippen molar-refractivity contribution in [3.63, 3.8) is 0 Å². The first-order valence-corrected chi connectivity index (χ1v) is 10.2. The Kier molecular flexibility index (Phi) is 5.30. The number of hydrogen-bond acceptors (Lipinski definition) is 5. The van der Waals surface area contributed by atoms with Gasteiger partial charge in [0.1, 0.15) is 4.83 Å². The van der Waals surface area contributed by atoms with Gasteiger partial charge in [0.2, 0.25) is 5.91 Å². The number of carbonyl (C=O) groups is 1. The van der Waals surface area contributed by atoms with Gasteiger partial charge in [-0.2, -0.15) is 0 Å². The Labute approximate surface area is 149 Å². The second kappa shape index (κ2) is 7.27. The van der Waals surface area contributed by atoms with Crippen LogP contribution in [0.4, 0.5) is 0 Å². The standard InChI is InChI=1S/C17H23N3O2S2/c1-4-6-10(2)18-13(21)9-23-17-19-15-14(16(22)20(17)3)11-7-5-8-12(11)24-15/h10H,4-9H2,1-3H3,(H,18,21)/t10-/m0/s1. The first kappa shape index (κ1) is 17.5. The van der Waals surface area contributed by atoms with Crippen LogP contribution in [0.25, 0.3) is 10.2 Å². The van der Waals surface area contributed by atoms with E-state index in [2.05, 4.69) is 17.2 Å². The van der Waals surface area contributed by atoms with Crippen molar-refractivity contribution in [1.29, 1.82) is 0 Å². The second-order valence-electron chi connectivity index (χ2n) is 6.34. The summed E-state index contributed by atoms with van der Waals surface area (Å²) in [6.07, 6.45) is 5.19. The van der Waals surface area contributed by atoms with E-state index in [-0.39, 0.29) is 23.3 Å². The number of hydrogen-bond donors (Lipinski definition) is 1. The summed E-state index contributed by atoms with van der Waals surface area (Å²) < 4.78 is 1.58. The molecular weight excluding hydrogens is 342 g/mol. The number of fused-ring (bicyclic) bond motifs is 3. The normalized spacial score (nSPS) is 14.8. The molecule has 1 aliphatic carbocycles. The molecule has 0 bridgehead atoms. The Morgan fingerprint density at radius 2 is 2.25 bits per heavy atom. The van der Waals surface area contributed by atoms with Crippen LogP contribution in [-0.4, -0.2) is 27.3 Å². The smallest absolute Gasteiger partial charge is 0.262 e. The Hall–Kier alpha value is -1.34. The van der Waals surface area contributed by atoms with Gasteiger partial charge in [0.25, 0.3) is 5.56 Å². The Morgan fingerprint density at radius 3 is 3.00 bits per heavy atom. The van der Waals surface area contributed by atoms with Crippen LogP contribution >= 0.6 is 23.1 Å². The number of aromatic nitrogens is 2. The highest BCUT2D eigenvalue weighted by molar-refractivity contribution is 7.99. The molecular formula is C17H23N3O2S2. The van der Waals surface area contributed by atoms with Crippen LogP contribution in [0.5, 0.6) is 0 Å². The lowest BCUT2D eigenvalue weighted by Gasteiger charge is -2.13. The van der Waals surface area contributed by atoms with Crippen molar-refractivity contribution in [3.05, 3.63) is 20.8 Å². The molecule has 0 saturated heterocycles. The Balaban J connectivity index is 1.77. The molecule has 0 radical (unpaired) electrons. The lowest BCUT2D eigenvalue weighted by Crippen LogP contribution is -2.33. The lowest BCUT2D eigenvalue weighted by atomic mass is 10.2. The van der Waals surface area contributed by atoms with E-state index in [4.69, 9.17) is 0 Å². The number of thiophene rings is 1. The van der Waals surface area contributed by atoms with Gasteiger partial charge in [0.05, 0.1) is 11.1 Å². The molecule has 1 aliphatic rings. The number of nitrogens with one attached hydrogen (secondary N) is 1. The highest BCUT2D eigenvalue weighted by Gasteiger charge is 2.22. The minimum atomic E-state index is -0.0102. The van der Waals surface area contributed by atoms with Gasteiger partial charge in [-0.1, -0.05) is 25.1 Å². The highest BCUT2D eigenvalue weighted by atomic mass is 32.2. The summed E-state index contributed by atoms with van der Waals surface area (Å²) in [5, 5.41) is 4.39. The van der Waals surface area contributed by atoms with Crippen molar-refractivity contribution in [2.45, 2.75) is 57.1 Å². The van der Waals surface area contributed by atoms with Gasteiger partial charge in [-0.3, -0.25) is 14.2 Å². The van der Waals surface area contributed by atoms with E-state index in [1.807, 2.05) is 6.92 Å². The van der Waals surface area contributed by atoms with E-state index >= 15 is 0 Å². The first-order chi connectivity index (χ1) is 11.5. The molecule has 0 saturated carbocycles. The first-order valence-electron chi connectivity index (χ1n) is 8.44. The number of thioether (sulfide) groups is 1. The largest absolute Gasteiger partial charge is 0.353 e. The molecule has 3 rings (SSSR count). The zero-order valence-corrected chi connectivity index (χ0v) is 16.0. The van der Waals surface area contributed by atoms with Crippen molar-refractivity contribution >= 4 is 39.2 Å². The molecule has 2 aromatic heterocycles. The van der Waals surface area contributed by atoms with Crippen molar-refractivity contribution < 1.29 is 4.79 Å². The van der Waals surface area contributed by atoms with Crippen molar-refractivity contribution in [2.24, 2.45) is 7.05 Å². The maximum absolute atomic E-state index is 12.7. The molecule has 0 aliphatic heterocycles. The summed E-state index contributed by atoms with van der Waals surface area (Å²) in [5.74, 6) is 0.272. The molecule has 1 atom stereocenters. The number of rotatable bonds is 6. The van der Waals surface area contributed by atoms with Gasteiger partial charge >= 0.3 is 0 Å². The van der Waals surface area contributed by atoms with Gasteiger partial charge < -0.3 is 5.32 Å². The minimum Gasteiger partial charge on any atom is -0.353 e. The van der Waals surface area contributed by atoms with Gasteiger partial charge in [-0.25, -0.2) is 4.98 Å². The van der Waals surface area contributed by atoms with E-state index in [0.29, 0.717) is 5.16 Å². The second-order valence-corrected chi connectivity index (χ2v) is 8.37. The summed E-state index contributed by atoms with van der Waals surface area (Å²) in [7, 11) is 1.74. The zero-order chi connectivity index (χ0) is 17.3. The predicted molar refractivity (Wildman–Crippen MR) is 100 cm³/mol. The molecule has 130 valence electrons. The molecule has 24 heavy (non-hydrogen) atoms. The van der Waals surface area contributed by atoms with Gasteiger partial charge in [0.15, 0.2) is 5.16 Å². The maximum Gasteiger partial charge on any atom is 0.262 e. The number of aryl methyl sites for hydroxylation is 2. The fourth-order valence-electron chi connectivity index (χ4n) is 3.19. The average molecular weight is 366 g/mol. The summed E-state index contributed by atoms with van der Waals surface area (Å²) >= 11 is 2.97. The zero-order valence-electron chi connectivity index (χ0n) is 14.3. The quantitative estimate of drug-likeness (QED) is 0.631. The van der Waals surface area contributed by atoms with Crippen LogP contribution in [-0.2, 0) is 24.7 Å². The van der Waals surface area contributed by atoms with Crippen molar-refractivity contribution in [3.8, 4) is 0 Å².